The van der Waals surface area contributed by atoms with E-state index in [4.69, 9.17) is 4.74 Å². The van der Waals surface area contributed by atoms with Crippen LogP contribution in [0.25, 0.3) is 0 Å². The molecule has 1 aromatic rings. The Morgan fingerprint density at radius 3 is 2.81 bits per heavy atom. The predicted octanol–water partition coefficient (Wildman–Crippen LogP) is 3.34. The van der Waals surface area contributed by atoms with Gasteiger partial charge in [0.05, 0.1) is 0 Å². The first kappa shape index (κ1) is 14.6. The molecule has 3 nitrogen and oxygen atoms in total. The second-order valence-electron chi connectivity index (χ2n) is 6.42. The topological polar surface area (TPSA) is 29.5 Å². The second-order valence-corrected chi connectivity index (χ2v) is 6.42. The molecule has 2 fully saturated rings. The first-order valence-corrected chi connectivity index (χ1v) is 8.15. The van der Waals surface area contributed by atoms with E-state index in [1.165, 1.54) is 18.4 Å². The molecule has 0 N–H and O–H groups in total. The van der Waals surface area contributed by atoms with Crippen LogP contribution >= 0.6 is 0 Å². The van der Waals surface area contributed by atoms with E-state index in [1.54, 1.807) is 0 Å². The molecule has 1 saturated carbocycles. The molecule has 0 radical (unpaired) electrons. The summed E-state index contributed by atoms with van der Waals surface area (Å²) in [6.45, 7) is 2.87. The average Bonchev–Trinajstić information content (AvgIpc) is 3.02. The maximum Gasteiger partial charge on any atom is 0.306 e. The van der Waals surface area contributed by atoms with Crippen LogP contribution < -0.4 is 0 Å². The van der Waals surface area contributed by atoms with Gasteiger partial charge in [0.25, 0.3) is 0 Å². The van der Waals surface area contributed by atoms with Crippen molar-refractivity contribution in [1.29, 1.82) is 0 Å². The number of carbonyl (C=O) groups is 1. The average molecular weight is 287 g/mol. The molecule has 1 heterocycles. The van der Waals surface area contributed by atoms with Gasteiger partial charge in [0.15, 0.2) is 0 Å². The monoisotopic (exact) mass is 287 g/mol. The molecule has 1 aliphatic heterocycles. The molecule has 3 rings (SSSR count). The van der Waals surface area contributed by atoms with E-state index in [2.05, 4.69) is 36.2 Å². The van der Waals surface area contributed by atoms with Gasteiger partial charge >= 0.3 is 5.97 Å². The van der Waals surface area contributed by atoms with Crippen LogP contribution in [-0.4, -0.2) is 30.5 Å². The molecule has 3 heteroatoms. The van der Waals surface area contributed by atoms with Crippen LogP contribution in [0.15, 0.2) is 30.3 Å². The van der Waals surface area contributed by atoms with Gasteiger partial charge in [-0.3, -0.25) is 4.79 Å². The Bertz CT molecular complexity index is 501. The van der Waals surface area contributed by atoms with E-state index < -0.39 is 5.60 Å². The van der Waals surface area contributed by atoms with E-state index in [0.29, 0.717) is 18.4 Å². The smallest absolute Gasteiger partial charge is 0.306 e. The van der Waals surface area contributed by atoms with E-state index in [0.717, 1.165) is 19.4 Å². The molecular formula is C18H25NO2. The van der Waals surface area contributed by atoms with Crippen molar-refractivity contribution in [2.75, 3.05) is 13.6 Å². The van der Waals surface area contributed by atoms with Gasteiger partial charge in [0.1, 0.15) is 5.60 Å². The summed E-state index contributed by atoms with van der Waals surface area (Å²) in [5, 5.41) is 0. The number of fused-ring (bicyclic) bond motifs is 1. The Labute approximate surface area is 127 Å². The summed E-state index contributed by atoms with van der Waals surface area (Å²) in [6.07, 6.45) is 4.96. The number of ether oxygens (including phenoxy) is 1. The van der Waals surface area contributed by atoms with Gasteiger partial charge in [-0.15, -0.1) is 0 Å². The van der Waals surface area contributed by atoms with Gasteiger partial charge in [-0.1, -0.05) is 43.7 Å². The number of carbonyl (C=O) groups excluding carboxylic acids is 1. The summed E-state index contributed by atoms with van der Waals surface area (Å²) in [7, 11) is 2.21. The lowest BCUT2D eigenvalue weighted by Crippen LogP contribution is -2.54. The molecule has 1 saturated heterocycles. The quantitative estimate of drug-likeness (QED) is 0.799. The minimum absolute atomic E-state index is 0.0749. The highest BCUT2D eigenvalue weighted by Crippen LogP contribution is 2.50. The molecular weight excluding hydrogens is 262 g/mol. The number of nitrogens with zero attached hydrogens (tertiary/aromatic N) is 1. The number of esters is 1. The molecule has 1 aromatic carbocycles. The van der Waals surface area contributed by atoms with Crippen molar-refractivity contribution in [3.63, 3.8) is 0 Å². The van der Waals surface area contributed by atoms with Crippen molar-refractivity contribution in [1.82, 2.24) is 4.90 Å². The van der Waals surface area contributed by atoms with Crippen molar-refractivity contribution in [2.45, 2.75) is 50.7 Å². The van der Waals surface area contributed by atoms with Crippen LogP contribution in [0.3, 0.4) is 0 Å². The van der Waals surface area contributed by atoms with E-state index in [-0.39, 0.29) is 5.97 Å². The van der Waals surface area contributed by atoms with Crippen LogP contribution in [0.2, 0.25) is 0 Å². The maximum atomic E-state index is 12.1. The summed E-state index contributed by atoms with van der Waals surface area (Å²) < 4.78 is 6.11. The summed E-state index contributed by atoms with van der Waals surface area (Å²) in [4.78, 5) is 14.5. The fraction of sp³-hybridized carbons (Fsp3) is 0.611. The van der Waals surface area contributed by atoms with Crippen molar-refractivity contribution >= 4 is 5.97 Å². The SMILES string of the molecule is CCC(=O)OC1(c2ccccc2)CCN(C)C2CCCC21. The normalized spacial score (nSPS) is 32.7. The van der Waals surface area contributed by atoms with Crippen molar-refractivity contribution in [3.8, 4) is 0 Å². The second kappa shape index (κ2) is 5.80. The van der Waals surface area contributed by atoms with Crippen LogP contribution in [0, 0.1) is 5.92 Å². The molecule has 1 aliphatic carbocycles. The Balaban J connectivity index is 2.02. The zero-order valence-electron chi connectivity index (χ0n) is 13.0. The van der Waals surface area contributed by atoms with Crippen LogP contribution in [-0.2, 0) is 15.1 Å². The predicted molar refractivity (Wildman–Crippen MR) is 82.9 cm³/mol. The molecule has 0 aromatic heterocycles. The van der Waals surface area contributed by atoms with Gasteiger partial charge < -0.3 is 9.64 Å². The molecule has 2 aliphatic rings. The first-order valence-electron chi connectivity index (χ1n) is 8.15. The van der Waals surface area contributed by atoms with E-state index in [1.807, 2.05) is 13.0 Å². The molecule has 114 valence electrons. The zero-order chi connectivity index (χ0) is 14.9. The number of hydrogen-bond acceptors (Lipinski definition) is 3. The number of rotatable bonds is 3. The van der Waals surface area contributed by atoms with E-state index in [9.17, 15) is 4.79 Å². The Morgan fingerprint density at radius 2 is 2.10 bits per heavy atom. The number of hydrogen-bond donors (Lipinski definition) is 0. The zero-order valence-corrected chi connectivity index (χ0v) is 13.0. The third-order valence-electron chi connectivity index (χ3n) is 5.33. The highest BCUT2D eigenvalue weighted by atomic mass is 16.6. The molecule has 0 amide bonds. The fourth-order valence-corrected chi connectivity index (χ4v) is 4.25. The lowest BCUT2D eigenvalue weighted by atomic mass is 9.73. The van der Waals surface area contributed by atoms with Gasteiger partial charge in [-0.05, 0) is 25.5 Å². The van der Waals surface area contributed by atoms with Gasteiger partial charge in [0, 0.05) is 31.3 Å². The summed E-state index contributed by atoms with van der Waals surface area (Å²) in [5.41, 5.74) is 0.763. The highest BCUT2D eigenvalue weighted by molar-refractivity contribution is 5.69. The lowest BCUT2D eigenvalue weighted by Gasteiger charge is -2.49. The largest absolute Gasteiger partial charge is 0.454 e. The minimum atomic E-state index is -0.415. The van der Waals surface area contributed by atoms with E-state index >= 15 is 0 Å². The van der Waals surface area contributed by atoms with Gasteiger partial charge in [-0.2, -0.15) is 0 Å². The van der Waals surface area contributed by atoms with Crippen molar-refractivity contribution in [2.24, 2.45) is 5.92 Å². The van der Waals surface area contributed by atoms with Crippen LogP contribution in [0.1, 0.15) is 44.6 Å². The van der Waals surface area contributed by atoms with Gasteiger partial charge in [-0.25, -0.2) is 0 Å². The lowest BCUT2D eigenvalue weighted by molar-refractivity contribution is -0.179. The van der Waals surface area contributed by atoms with Gasteiger partial charge in [0.2, 0.25) is 0 Å². The standard InChI is InChI=1S/C18H25NO2/c1-3-17(20)21-18(14-8-5-4-6-9-14)12-13-19(2)16-11-7-10-15(16)18/h4-6,8-9,15-16H,3,7,10-13H2,1-2H3. The van der Waals surface area contributed by atoms with Crippen LogP contribution in [0.5, 0.6) is 0 Å². The summed E-state index contributed by atoms with van der Waals surface area (Å²) in [6, 6.07) is 10.9. The van der Waals surface area contributed by atoms with Crippen LogP contribution in [0.4, 0.5) is 0 Å². The van der Waals surface area contributed by atoms with Crippen molar-refractivity contribution < 1.29 is 9.53 Å². The molecule has 3 unspecified atom stereocenters. The highest BCUT2D eigenvalue weighted by Gasteiger charge is 2.52. The summed E-state index contributed by atoms with van der Waals surface area (Å²) in [5.74, 6) is 0.350. The Morgan fingerprint density at radius 1 is 1.33 bits per heavy atom. The molecule has 0 spiro atoms. The fourth-order valence-electron chi connectivity index (χ4n) is 4.25. The third-order valence-corrected chi connectivity index (χ3v) is 5.33. The number of benzene rings is 1. The molecule has 21 heavy (non-hydrogen) atoms. The first-order chi connectivity index (χ1) is 10.2. The number of likely N-dealkylation sites (tertiary alicyclic amines) is 1. The Hall–Kier alpha value is -1.35. The summed E-state index contributed by atoms with van der Waals surface area (Å²) >= 11 is 0. The number of piperidine rings is 1. The van der Waals surface area contributed by atoms with Crippen molar-refractivity contribution in [3.05, 3.63) is 35.9 Å². The maximum absolute atomic E-state index is 12.1. The minimum Gasteiger partial charge on any atom is -0.454 e. The molecule has 0 bridgehead atoms. The Kier molecular flexibility index (Phi) is 4.03. The molecule has 3 atom stereocenters. The third kappa shape index (κ3) is 2.48.